The smallest absolute Gasteiger partial charge is 0.247 e. The van der Waals surface area contributed by atoms with Crippen molar-refractivity contribution < 1.29 is 38.7 Å². The zero-order valence-electron chi connectivity index (χ0n) is 29.4. The van der Waals surface area contributed by atoms with Crippen LogP contribution in [-0.4, -0.2) is 113 Å². The molecule has 2 aliphatic rings. The molecule has 16 nitrogen and oxygen atoms in total. The summed E-state index contributed by atoms with van der Waals surface area (Å²) in [6.45, 7) is 6.02. The highest BCUT2D eigenvalue weighted by atomic mass is 32.2. The third-order valence-electron chi connectivity index (χ3n) is 8.69. The van der Waals surface area contributed by atoms with E-state index in [1.54, 1.807) is 56.4 Å². The van der Waals surface area contributed by atoms with Crippen molar-refractivity contribution in [1.29, 1.82) is 0 Å². The second-order valence-corrected chi connectivity index (χ2v) is 15.8. The Morgan fingerprint density at radius 3 is 2.23 bits per heavy atom. The highest BCUT2D eigenvalue weighted by Crippen LogP contribution is 2.31. The molecule has 10 N–H and O–H groups in total. The number of nitrogens with two attached hydrogens (primary N) is 2. The van der Waals surface area contributed by atoms with E-state index >= 15 is 0 Å². The van der Waals surface area contributed by atoms with E-state index in [2.05, 4.69) is 26.6 Å². The minimum Gasteiger partial charge on any atom is -0.391 e. The van der Waals surface area contributed by atoms with Gasteiger partial charge in [-0.05, 0) is 40.5 Å². The number of rotatable bonds is 4. The topological polar surface area (TPSA) is 255 Å². The number of carbonyl (C=O) groups is 7. The van der Waals surface area contributed by atoms with Crippen LogP contribution in [0, 0.1) is 12.3 Å². The molecule has 1 aromatic heterocycles. The monoisotopic (exact) mass is 758 g/mol. The van der Waals surface area contributed by atoms with Crippen molar-refractivity contribution in [1.82, 2.24) is 31.5 Å². The van der Waals surface area contributed by atoms with Gasteiger partial charge >= 0.3 is 0 Å². The molecule has 3 heterocycles. The summed E-state index contributed by atoms with van der Waals surface area (Å²) in [5.41, 5.74) is 12.7. The van der Waals surface area contributed by atoms with Crippen LogP contribution in [0.25, 0.3) is 10.4 Å². The average molecular weight is 759 g/mol. The van der Waals surface area contributed by atoms with E-state index in [1.807, 2.05) is 18.4 Å². The summed E-state index contributed by atoms with van der Waals surface area (Å²) in [4.78, 5) is 95.1. The van der Waals surface area contributed by atoms with Gasteiger partial charge in [-0.15, -0.1) is 23.1 Å². The molecule has 0 saturated carbocycles. The van der Waals surface area contributed by atoms with Crippen LogP contribution >= 0.6 is 23.1 Å². The zero-order valence-corrected chi connectivity index (χ0v) is 31.0. The average Bonchev–Trinajstić information content (AvgIpc) is 3.70. The quantitative estimate of drug-likeness (QED) is 0.182. The van der Waals surface area contributed by atoms with Gasteiger partial charge in [0.15, 0.2) is 0 Å². The molecule has 0 bridgehead atoms. The second-order valence-electron chi connectivity index (χ2n) is 13.8. The predicted octanol–water partition coefficient (Wildman–Crippen LogP) is -1.35. The number of benzene rings is 1. The van der Waals surface area contributed by atoms with Crippen molar-refractivity contribution in [3.63, 3.8) is 0 Å². The van der Waals surface area contributed by atoms with E-state index in [4.69, 9.17) is 11.5 Å². The van der Waals surface area contributed by atoms with Gasteiger partial charge in [0.2, 0.25) is 41.4 Å². The number of carbonyl (C=O) groups excluding carboxylic acids is 7. The third kappa shape index (κ3) is 10.1. The minimum atomic E-state index is -1.34. The molecular weight excluding hydrogens is 713 g/mol. The summed E-state index contributed by atoms with van der Waals surface area (Å²) in [7, 11) is 0. The van der Waals surface area contributed by atoms with Gasteiger partial charge in [-0.2, -0.15) is 0 Å². The van der Waals surface area contributed by atoms with Crippen LogP contribution in [0.4, 0.5) is 0 Å². The van der Waals surface area contributed by atoms with Crippen LogP contribution in [0.15, 0.2) is 35.7 Å². The number of thiophene rings is 1. The molecule has 1 aromatic carbocycles. The van der Waals surface area contributed by atoms with E-state index in [0.717, 1.165) is 27.8 Å². The molecule has 2 fully saturated rings. The summed E-state index contributed by atoms with van der Waals surface area (Å²) < 4.78 is 0. The number of nitrogens with zero attached hydrogens (tertiary/aromatic N) is 1. The molecule has 2 aromatic rings. The molecule has 6 atom stereocenters. The molecule has 52 heavy (non-hydrogen) atoms. The third-order valence-corrected chi connectivity index (χ3v) is 10.8. The Balaban J connectivity index is 1.69. The van der Waals surface area contributed by atoms with Gasteiger partial charge in [0.1, 0.15) is 30.2 Å². The Hall–Kier alpha value is -4.52. The van der Waals surface area contributed by atoms with Crippen molar-refractivity contribution in [2.75, 3.05) is 31.1 Å². The van der Waals surface area contributed by atoms with Crippen molar-refractivity contribution in [3.05, 3.63) is 46.8 Å². The Labute approximate surface area is 309 Å². The van der Waals surface area contributed by atoms with Crippen LogP contribution in [0.1, 0.15) is 44.4 Å². The maximum absolute atomic E-state index is 14.1. The Bertz CT molecular complexity index is 1680. The zero-order chi connectivity index (χ0) is 38.3. The van der Waals surface area contributed by atoms with Gasteiger partial charge in [0.05, 0.1) is 18.4 Å². The van der Waals surface area contributed by atoms with Gasteiger partial charge in [-0.3, -0.25) is 33.6 Å². The molecule has 0 unspecified atom stereocenters. The number of amides is 7. The lowest BCUT2D eigenvalue weighted by atomic mass is 9.85. The number of primary amides is 1. The van der Waals surface area contributed by atoms with Crippen molar-refractivity contribution in [2.45, 2.75) is 70.4 Å². The molecule has 7 amide bonds. The van der Waals surface area contributed by atoms with Crippen LogP contribution in [0.5, 0.6) is 0 Å². The summed E-state index contributed by atoms with van der Waals surface area (Å²) in [5, 5.41) is 25.4. The fourth-order valence-electron chi connectivity index (χ4n) is 5.84. The molecule has 0 radical (unpaired) electrons. The van der Waals surface area contributed by atoms with Gasteiger partial charge in [-0.1, -0.05) is 45.0 Å². The van der Waals surface area contributed by atoms with E-state index in [-0.39, 0.29) is 31.0 Å². The first-order valence-electron chi connectivity index (χ1n) is 16.7. The van der Waals surface area contributed by atoms with E-state index in [0.29, 0.717) is 5.56 Å². The lowest BCUT2D eigenvalue weighted by Gasteiger charge is -2.35. The molecule has 0 aliphatic carbocycles. The first-order valence-corrected chi connectivity index (χ1v) is 18.7. The van der Waals surface area contributed by atoms with Crippen LogP contribution in [0.3, 0.4) is 0 Å². The highest BCUT2D eigenvalue weighted by Gasteiger charge is 2.45. The number of hydrogen-bond donors (Lipinski definition) is 8. The number of aryl methyl sites for hydroxylation is 1. The number of nitrogens with one attached hydrogen (secondary N) is 5. The molecule has 4 rings (SSSR count). The van der Waals surface area contributed by atoms with Gasteiger partial charge in [-0.25, -0.2) is 0 Å². The largest absolute Gasteiger partial charge is 0.391 e. The Kier molecular flexibility index (Phi) is 13.4. The number of hydrogen-bond acceptors (Lipinski definition) is 11. The molecular formula is C34H46N8O8S2. The highest BCUT2D eigenvalue weighted by molar-refractivity contribution is 8.00. The predicted molar refractivity (Wildman–Crippen MR) is 195 cm³/mol. The first kappa shape index (κ1) is 40.3. The van der Waals surface area contributed by atoms with Crippen molar-refractivity contribution in [2.24, 2.45) is 16.9 Å². The SMILES string of the molecule is Cc1ccsc1-c1ccc([C@@H]2NC(=O)[C@@H]3C[C@@H](O)CN3C(=O)[C@H](C(C)(C)C)NC(=O)CSC[C@H](C(N)=O)NC(=O)[C@@H](CN)NC(=O)CNC2=O)cc1. The lowest BCUT2D eigenvalue weighted by molar-refractivity contribution is -0.144. The first-order chi connectivity index (χ1) is 24.5. The molecule has 2 aliphatic heterocycles. The maximum atomic E-state index is 14.1. The van der Waals surface area contributed by atoms with E-state index < -0.39 is 89.6 Å². The number of thioether (sulfide) groups is 1. The van der Waals surface area contributed by atoms with Gasteiger partial charge in [0.25, 0.3) is 0 Å². The Morgan fingerprint density at radius 1 is 0.942 bits per heavy atom. The number of aliphatic hydroxyl groups excluding tert-OH is 1. The fraction of sp³-hybridized carbons (Fsp3) is 0.500. The molecule has 2 saturated heterocycles. The van der Waals surface area contributed by atoms with Gasteiger partial charge in [0, 0.05) is 30.1 Å². The standard InChI is InChI=1S/C34H46N8O8S2/c1-17-9-10-52-27(17)19-7-5-18(6-8-19)26-32(49)37-13-24(44)38-21(12-35)30(47)39-22(29(36)46)15-51-16-25(45)40-28(34(2,3)4)33(50)42-14-20(43)11-23(42)31(48)41-26/h5-10,20-23,26,28,43H,11-16,35H2,1-4H3,(H2,36,46)(H,37,49)(H,38,44)(H,39,47)(H,40,45)(H,41,48)/t20-,21-,22-,23+,26+,28-/m1/s1. The second kappa shape index (κ2) is 17.3. The summed E-state index contributed by atoms with van der Waals surface area (Å²) in [5.74, 6) is -5.50. The summed E-state index contributed by atoms with van der Waals surface area (Å²) in [6.07, 6.45) is -1.18. The fourth-order valence-corrected chi connectivity index (χ4v) is 7.64. The van der Waals surface area contributed by atoms with E-state index in [9.17, 15) is 38.7 Å². The van der Waals surface area contributed by atoms with Crippen LogP contribution in [0.2, 0.25) is 0 Å². The van der Waals surface area contributed by atoms with Crippen molar-refractivity contribution >= 4 is 64.4 Å². The van der Waals surface area contributed by atoms with Crippen LogP contribution in [-0.2, 0) is 33.6 Å². The lowest BCUT2D eigenvalue weighted by Crippen LogP contribution is -2.58. The normalized spacial score (nSPS) is 26.2. The van der Waals surface area contributed by atoms with E-state index in [1.165, 1.54) is 4.90 Å². The molecule has 18 heteroatoms. The molecule has 282 valence electrons. The minimum absolute atomic E-state index is 0.111. The molecule has 0 spiro atoms. The summed E-state index contributed by atoms with van der Waals surface area (Å²) in [6, 6.07) is 2.72. The van der Waals surface area contributed by atoms with Gasteiger partial charge < -0.3 is 48.1 Å². The van der Waals surface area contributed by atoms with Crippen LogP contribution < -0.4 is 38.1 Å². The number of fused-ring (bicyclic) bond motifs is 1. The Morgan fingerprint density at radius 2 is 1.63 bits per heavy atom. The van der Waals surface area contributed by atoms with Crippen molar-refractivity contribution in [3.8, 4) is 10.4 Å². The number of aliphatic hydroxyl groups is 1. The summed E-state index contributed by atoms with van der Waals surface area (Å²) >= 11 is 2.52. The maximum Gasteiger partial charge on any atom is 0.247 e.